The van der Waals surface area contributed by atoms with E-state index >= 15 is 0 Å². The molecular weight excluding hydrogens is 238 g/mol. The van der Waals surface area contributed by atoms with Crippen molar-refractivity contribution in [2.24, 2.45) is 0 Å². The standard InChI is InChI=1S/C16H23NO2/c1-5-6-9-17-13-10-12(16(2,3)4)7-8-14(13)19-11-15(17)18/h7-8,10H,5-6,9,11H2,1-4H3. The number of carbonyl (C=O) groups is 1. The van der Waals surface area contributed by atoms with Crippen molar-refractivity contribution in [3.05, 3.63) is 23.8 Å². The topological polar surface area (TPSA) is 29.5 Å². The van der Waals surface area contributed by atoms with E-state index in [1.54, 1.807) is 0 Å². The highest BCUT2D eigenvalue weighted by Gasteiger charge is 2.26. The molecule has 0 saturated carbocycles. The molecule has 3 nitrogen and oxygen atoms in total. The van der Waals surface area contributed by atoms with Crippen molar-refractivity contribution in [3.8, 4) is 5.75 Å². The van der Waals surface area contributed by atoms with Crippen LogP contribution in [0, 0.1) is 0 Å². The maximum Gasteiger partial charge on any atom is 0.265 e. The lowest BCUT2D eigenvalue weighted by Gasteiger charge is -2.31. The number of fused-ring (bicyclic) bond motifs is 1. The van der Waals surface area contributed by atoms with Crippen molar-refractivity contribution in [1.29, 1.82) is 0 Å². The smallest absolute Gasteiger partial charge is 0.265 e. The number of hydrogen-bond acceptors (Lipinski definition) is 2. The van der Waals surface area contributed by atoms with Crippen LogP contribution in [0.25, 0.3) is 0 Å². The normalized spacial score (nSPS) is 15.2. The van der Waals surface area contributed by atoms with Gasteiger partial charge in [0.2, 0.25) is 0 Å². The molecule has 3 heteroatoms. The lowest BCUT2D eigenvalue weighted by molar-refractivity contribution is -0.121. The Labute approximate surface area is 115 Å². The molecule has 0 spiro atoms. The molecule has 1 heterocycles. The van der Waals surface area contributed by atoms with Crippen molar-refractivity contribution < 1.29 is 9.53 Å². The molecule has 0 unspecified atom stereocenters. The van der Waals surface area contributed by atoms with E-state index in [0.717, 1.165) is 30.8 Å². The average molecular weight is 261 g/mol. The number of anilines is 1. The van der Waals surface area contributed by atoms with Gasteiger partial charge in [-0.1, -0.05) is 40.2 Å². The minimum absolute atomic E-state index is 0.0620. The molecule has 19 heavy (non-hydrogen) atoms. The Bertz CT molecular complexity index is 474. The van der Waals surface area contributed by atoms with Crippen LogP contribution in [0.3, 0.4) is 0 Å². The van der Waals surface area contributed by atoms with Gasteiger partial charge in [-0.2, -0.15) is 0 Å². The number of ether oxygens (including phenoxy) is 1. The van der Waals surface area contributed by atoms with Gasteiger partial charge in [0.1, 0.15) is 5.75 Å². The quantitative estimate of drug-likeness (QED) is 0.833. The fourth-order valence-corrected chi connectivity index (χ4v) is 2.23. The van der Waals surface area contributed by atoms with Crippen molar-refractivity contribution in [3.63, 3.8) is 0 Å². The van der Waals surface area contributed by atoms with Crippen molar-refractivity contribution in [2.75, 3.05) is 18.1 Å². The van der Waals surface area contributed by atoms with Crippen molar-refractivity contribution >= 4 is 11.6 Å². The second-order valence-corrected chi connectivity index (χ2v) is 6.12. The van der Waals surface area contributed by atoms with Crippen LogP contribution in [0.4, 0.5) is 5.69 Å². The Morgan fingerprint density at radius 1 is 1.32 bits per heavy atom. The van der Waals surface area contributed by atoms with Crippen molar-refractivity contribution in [2.45, 2.75) is 46.0 Å². The zero-order chi connectivity index (χ0) is 14.0. The average Bonchev–Trinajstić information content (AvgIpc) is 2.36. The van der Waals surface area contributed by atoms with Crippen LogP contribution in [-0.2, 0) is 10.2 Å². The minimum atomic E-state index is 0.0620. The Morgan fingerprint density at radius 3 is 2.68 bits per heavy atom. The summed E-state index contributed by atoms with van der Waals surface area (Å²) in [5, 5.41) is 0. The summed E-state index contributed by atoms with van der Waals surface area (Å²) in [6, 6.07) is 6.18. The summed E-state index contributed by atoms with van der Waals surface area (Å²) < 4.78 is 5.52. The first kappa shape index (κ1) is 13.9. The molecule has 0 bridgehead atoms. The summed E-state index contributed by atoms with van der Waals surface area (Å²) in [7, 11) is 0. The third-order valence-electron chi connectivity index (χ3n) is 3.50. The Morgan fingerprint density at radius 2 is 2.05 bits per heavy atom. The van der Waals surface area contributed by atoms with Gasteiger partial charge in [0.25, 0.3) is 5.91 Å². The van der Waals surface area contributed by atoms with Gasteiger partial charge >= 0.3 is 0 Å². The maximum atomic E-state index is 12.0. The summed E-state index contributed by atoms with van der Waals surface area (Å²) in [6.07, 6.45) is 2.10. The first-order valence-corrected chi connectivity index (χ1v) is 7.01. The highest BCUT2D eigenvalue weighted by Crippen LogP contribution is 2.36. The zero-order valence-corrected chi connectivity index (χ0v) is 12.3. The van der Waals surface area contributed by atoms with Crippen LogP contribution in [-0.4, -0.2) is 19.1 Å². The Kier molecular flexibility index (Phi) is 3.83. The first-order chi connectivity index (χ1) is 8.93. The predicted octanol–water partition coefficient (Wildman–Crippen LogP) is 3.51. The fraction of sp³-hybridized carbons (Fsp3) is 0.562. The van der Waals surface area contributed by atoms with E-state index in [-0.39, 0.29) is 17.9 Å². The molecule has 1 aliphatic heterocycles. The van der Waals surface area contributed by atoms with E-state index in [1.165, 1.54) is 5.56 Å². The molecule has 2 rings (SSSR count). The van der Waals surface area contributed by atoms with Gasteiger partial charge in [0, 0.05) is 6.54 Å². The number of unbranched alkanes of at least 4 members (excludes halogenated alkanes) is 1. The first-order valence-electron chi connectivity index (χ1n) is 7.01. The fourth-order valence-electron chi connectivity index (χ4n) is 2.23. The second kappa shape index (κ2) is 5.24. The zero-order valence-electron chi connectivity index (χ0n) is 12.3. The second-order valence-electron chi connectivity index (χ2n) is 6.12. The monoisotopic (exact) mass is 261 g/mol. The largest absolute Gasteiger partial charge is 0.482 e. The minimum Gasteiger partial charge on any atom is -0.482 e. The number of nitrogens with zero attached hydrogens (tertiary/aromatic N) is 1. The molecule has 0 fully saturated rings. The van der Waals surface area contributed by atoms with Crippen LogP contribution < -0.4 is 9.64 Å². The summed E-state index contributed by atoms with van der Waals surface area (Å²) in [5.74, 6) is 0.885. The molecule has 1 aromatic rings. The third-order valence-corrected chi connectivity index (χ3v) is 3.50. The van der Waals surface area contributed by atoms with Crippen LogP contribution in [0.15, 0.2) is 18.2 Å². The number of carbonyl (C=O) groups excluding carboxylic acids is 1. The van der Waals surface area contributed by atoms with Gasteiger partial charge in [-0.25, -0.2) is 0 Å². The molecular formula is C16H23NO2. The van der Waals surface area contributed by atoms with E-state index in [1.807, 2.05) is 11.0 Å². The number of hydrogen-bond donors (Lipinski definition) is 0. The molecule has 1 aliphatic rings. The highest BCUT2D eigenvalue weighted by atomic mass is 16.5. The molecule has 1 amide bonds. The van der Waals surface area contributed by atoms with E-state index in [0.29, 0.717) is 0 Å². The molecule has 1 aromatic carbocycles. The van der Waals surface area contributed by atoms with E-state index in [2.05, 4.69) is 39.8 Å². The molecule has 0 aliphatic carbocycles. The van der Waals surface area contributed by atoms with Gasteiger partial charge in [0.15, 0.2) is 6.61 Å². The molecule has 0 atom stereocenters. The summed E-state index contributed by atoms with van der Waals surface area (Å²) in [6.45, 7) is 9.60. The Hall–Kier alpha value is -1.51. The van der Waals surface area contributed by atoms with E-state index in [4.69, 9.17) is 4.74 Å². The van der Waals surface area contributed by atoms with Crippen molar-refractivity contribution in [1.82, 2.24) is 0 Å². The van der Waals surface area contributed by atoms with Gasteiger partial charge in [-0.15, -0.1) is 0 Å². The van der Waals surface area contributed by atoms with Crippen LogP contribution in [0.2, 0.25) is 0 Å². The lowest BCUT2D eigenvalue weighted by Crippen LogP contribution is -2.39. The van der Waals surface area contributed by atoms with Gasteiger partial charge in [-0.05, 0) is 29.5 Å². The van der Waals surface area contributed by atoms with Gasteiger partial charge < -0.3 is 9.64 Å². The maximum absolute atomic E-state index is 12.0. The molecule has 0 saturated heterocycles. The van der Waals surface area contributed by atoms with E-state index < -0.39 is 0 Å². The van der Waals surface area contributed by atoms with Crippen LogP contribution >= 0.6 is 0 Å². The van der Waals surface area contributed by atoms with Gasteiger partial charge in [-0.3, -0.25) is 4.79 Å². The SMILES string of the molecule is CCCCN1C(=O)COc2ccc(C(C)(C)C)cc21. The van der Waals surface area contributed by atoms with Crippen LogP contribution in [0.1, 0.15) is 46.1 Å². The third kappa shape index (κ3) is 2.91. The number of benzene rings is 1. The van der Waals surface area contributed by atoms with E-state index in [9.17, 15) is 4.79 Å². The molecule has 0 radical (unpaired) electrons. The summed E-state index contributed by atoms with van der Waals surface area (Å²) >= 11 is 0. The lowest BCUT2D eigenvalue weighted by atomic mass is 9.86. The molecule has 0 N–H and O–H groups in total. The summed E-state index contributed by atoms with van der Waals surface area (Å²) in [4.78, 5) is 13.9. The molecule has 0 aromatic heterocycles. The predicted molar refractivity (Wildman–Crippen MR) is 77.9 cm³/mol. The summed E-state index contributed by atoms with van der Waals surface area (Å²) in [5.41, 5.74) is 2.23. The highest BCUT2D eigenvalue weighted by molar-refractivity contribution is 5.97. The van der Waals surface area contributed by atoms with Crippen LogP contribution in [0.5, 0.6) is 5.75 Å². The number of amides is 1. The van der Waals surface area contributed by atoms with Gasteiger partial charge in [0.05, 0.1) is 5.69 Å². The Balaban J connectivity index is 2.38. The molecule has 104 valence electrons. The number of rotatable bonds is 3.